The molecule has 8 heteroatoms. The molecule has 0 aliphatic heterocycles. The van der Waals surface area contributed by atoms with E-state index in [4.69, 9.17) is 10.9 Å². The third kappa shape index (κ3) is 3.74. The van der Waals surface area contributed by atoms with E-state index in [0.717, 1.165) is 12.1 Å². The van der Waals surface area contributed by atoms with Crippen molar-refractivity contribution in [1.29, 1.82) is 0 Å². The van der Waals surface area contributed by atoms with Crippen molar-refractivity contribution in [1.82, 2.24) is 4.98 Å². The molecule has 5 N–H and O–H groups in total. The maximum Gasteiger partial charge on any atom is 0.416 e. The van der Waals surface area contributed by atoms with Gasteiger partial charge < -0.3 is 15.8 Å². The molecule has 0 bridgehead atoms. The van der Waals surface area contributed by atoms with Gasteiger partial charge in [-0.05, 0) is 26.0 Å². The summed E-state index contributed by atoms with van der Waals surface area (Å²) in [6.07, 6.45) is -4.49. The van der Waals surface area contributed by atoms with Gasteiger partial charge in [0.05, 0.1) is 17.7 Å². The summed E-state index contributed by atoms with van der Waals surface area (Å²) in [5.41, 5.74) is 0.408. The Labute approximate surface area is 102 Å². The maximum absolute atomic E-state index is 12.6. The third-order valence-electron chi connectivity index (χ3n) is 2.16. The number of hydrogen-bond donors (Lipinski definition) is 4. The first-order valence-corrected chi connectivity index (χ1v) is 5.13. The predicted molar refractivity (Wildman–Crippen MR) is 61.8 cm³/mol. The summed E-state index contributed by atoms with van der Waals surface area (Å²) in [4.78, 5) is 3.84. The molecule has 0 unspecified atom stereocenters. The molecule has 1 aromatic heterocycles. The molecular weight excluding hydrogens is 249 g/mol. The Bertz CT molecular complexity index is 420. The SMILES string of the molecule is CC(C)(CO)Nc1cc(C(F)(F)F)cc(NN)n1. The van der Waals surface area contributed by atoms with Crippen LogP contribution in [0.25, 0.3) is 0 Å². The Morgan fingerprint density at radius 3 is 2.28 bits per heavy atom. The lowest BCUT2D eigenvalue weighted by molar-refractivity contribution is -0.137. The molecule has 0 aromatic carbocycles. The standard InChI is InChI=1S/C10H15F3N4O/c1-9(2,5-18)16-7-3-6(10(11,12)13)4-8(15-7)17-14/h3-4,18H,5,14H2,1-2H3,(H2,15,16,17). The van der Waals surface area contributed by atoms with Crippen LogP contribution in [-0.4, -0.2) is 22.2 Å². The summed E-state index contributed by atoms with van der Waals surface area (Å²) < 4.78 is 37.9. The number of hydrazine groups is 1. The quantitative estimate of drug-likeness (QED) is 0.490. The zero-order chi connectivity index (χ0) is 14.0. The van der Waals surface area contributed by atoms with Gasteiger partial charge in [0.2, 0.25) is 0 Å². The Morgan fingerprint density at radius 2 is 1.83 bits per heavy atom. The average Bonchev–Trinajstić information content (AvgIpc) is 2.27. The fourth-order valence-electron chi connectivity index (χ4n) is 1.22. The van der Waals surface area contributed by atoms with Crippen LogP contribution in [0.2, 0.25) is 0 Å². The van der Waals surface area contributed by atoms with Crippen LogP contribution < -0.4 is 16.6 Å². The highest BCUT2D eigenvalue weighted by Gasteiger charge is 2.32. The minimum absolute atomic E-state index is 0.0168. The number of rotatable bonds is 4. The van der Waals surface area contributed by atoms with E-state index in [1.165, 1.54) is 0 Å². The molecule has 18 heavy (non-hydrogen) atoms. The summed E-state index contributed by atoms with van der Waals surface area (Å²) in [5.74, 6) is 4.94. The van der Waals surface area contributed by atoms with Crippen LogP contribution >= 0.6 is 0 Å². The lowest BCUT2D eigenvalue weighted by Crippen LogP contribution is -2.35. The first-order chi connectivity index (χ1) is 8.18. The molecule has 0 amide bonds. The zero-order valence-corrected chi connectivity index (χ0v) is 9.97. The topological polar surface area (TPSA) is 83.2 Å². The maximum atomic E-state index is 12.6. The second-order valence-corrected chi connectivity index (χ2v) is 4.44. The van der Waals surface area contributed by atoms with E-state index in [9.17, 15) is 13.2 Å². The summed E-state index contributed by atoms with van der Waals surface area (Å²) in [5, 5.41) is 11.8. The molecule has 0 radical (unpaired) electrons. The van der Waals surface area contributed by atoms with Gasteiger partial charge in [-0.1, -0.05) is 0 Å². The number of nitrogens with one attached hydrogen (secondary N) is 2. The first-order valence-electron chi connectivity index (χ1n) is 5.13. The predicted octanol–water partition coefficient (Wildman–Crippen LogP) is 1.57. The number of nitrogens with two attached hydrogens (primary N) is 1. The van der Waals surface area contributed by atoms with E-state index in [1.807, 2.05) is 0 Å². The van der Waals surface area contributed by atoms with Gasteiger partial charge in [-0.15, -0.1) is 0 Å². The molecular formula is C10H15F3N4O. The van der Waals surface area contributed by atoms with E-state index >= 15 is 0 Å². The molecule has 0 aliphatic rings. The molecule has 0 atom stereocenters. The molecule has 0 spiro atoms. The lowest BCUT2D eigenvalue weighted by atomic mass is 10.1. The van der Waals surface area contributed by atoms with Crippen LogP contribution in [0.15, 0.2) is 12.1 Å². The van der Waals surface area contributed by atoms with Gasteiger partial charge in [-0.25, -0.2) is 10.8 Å². The molecule has 5 nitrogen and oxygen atoms in total. The minimum atomic E-state index is -4.49. The molecule has 0 saturated carbocycles. The molecule has 0 saturated heterocycles. The smallest absolute Gasteiger partial charge is 0.394 e. The number of aliphatic hydroxyl groups is 1. The number of alkyl halides is 3. The number of anilines is 2. The summed E-state index contributed by atoms with van der Waals surface area (Å²) in [6, 6.07) is 1.66. The summed E-state index contributed by atoms with van der Waals surface area (Å²) in [6.45, 7) is 3.01. The van der Waals surface area contributed by atoms with Crippen LogP contribution in [0.5, 0.6) is 0 Å². The Morgan fingerprint density at radius 1 is 1.28 bits per heavy atom. The van der Waals surface area contributed by atoms with Gasteiger partial charge >= 0.3 is 6.18 Å². The van der Waals surface area contributed by atoms with Gasteiger partial charge in [0, 0.05) is 0 Å². The van der Waals surface area contributed by atoms with Crippen LogP contribution in [0.1, 0.15) is 19.4 Å². The minimum Gasteiger partial charge on any atom is -0.394 e. The van der Waals surface area contributed by atoms with Crippen molar-refractivity contribution in [2.24, 2.45) is 5.84 Å². The van der Waals surface area contributed by atoms with E-state index in [-0.39, 0.29) is 18.2 Å². The van der Waals surface area contributed by atoms with Gasteiger partial charge in [-0.2, -0.15) is 13.2 Å². The van der Waals surface area contributed by atoms with Crippen LogP contribution in [0.3, 0.4) is 0 Å². The third-order valence-corrected chi connectivity index (χ3v) is 2.16. The van der Waals surface area contributed by atoms with Crippen molar-refractivity contribution < 1.29 is 18.3 Å². The fourth-order valence-corrected chi connectivity index (χ4v) is 1.22. The highest BCUT2D eigenvalue weighted by Crippen LogP contribution is 2.32. The Hall–Kier alpha value is -1.54. The number of halogens is 3. The lowest BCUT2D eigenvalue weighted by Gasteiger charge is -2.25. The number of nitrogens with zero attached hydrogens (tertiary/aromatic N) is 1. The second-order valence-electron chi connectivity index (χ2n) is 4.44. The highest BCUT2D eigenvalue weighted by molar-refractivity contribution is 5.50. The van der Waals surface area contributed by atoms with E-state index < -0.39 is 17.3 Å². The normalized spacial score (nSPS) is 12.4. The Kier molecular flexibility index (Phi) is 4.02. The van der Waals surface area contributed by atoms with Gasteiger partial charge in [0.1, 0.15) is 11.6 Å². The van der Waals surface area contributed by atoms with Gasteiger partial charge in [0.25, 0.3) is 0 Å². The van der Waals surface area contributed by atoms with Crippen molar-refractivity contribution in [3.63, 3.8) is 0 Å². The second kappa shape index (κ2) is 4.99. The van der Waals surface area contributed by atoms with Crippen LogP contribution in [-0.2, 0) is 6.18 Å². The van der Waals surface area contributed by atoms with E-state index in [1.54, 1.807) is 13.8 Å². The molecule has 1 rings (SSSR count). The van der Waals surface area contributed by atoms with E-state index in [2.05, 4.69) is 15.7 Å². The summed E-state index contributed by atoms with van der Waals surface area (Å²) >= 11 is 0. The fraction of sp³-hybridized carbons (Fsp3) is 0.500. The number of pyridine rings is 1. The van der Waals surface area contributed by atoms with Crippen molar-refractivity contribution in [3.8, 4) is 0 Å². The van der Waals surface area contributed by atoms with Crippen molar-refractivity contribution in [2.75, 3.05) is 17.3 Å². The van der Waals surface area contributed by atoms with Crippen LogP contribution in [0, 0.1) is 0 Å². The highest BCUT2D eigenvalue weighted by atomic mass is 19.4. The molecule has 0 fully saturated rings. The molecule has 1 heterocycles. The van der Waals surface area contributed by atoms with E-state index in [0.29, 0.717) is 0 Å². The van der Waals surface area contributed by atoms with Crippen molar-refractivity contribution in [2.45, 2.75) is 25.6 Å². The number of aliphatic hydroxyl groups excluding tert-OH is 1. The molecule has 0 aliphatic carbocycles. The Balaban J connectivity index is 3.13. The zero-order valence-electron chi connectivity index (χ0n) is 9.97. The van der Waals surface area contributed by atoms with Crippen molar-refractivity contribution >= 4 is 11.6 Å². The van der Waals surface area contributed by atoms with Gasteiger partial charge in [0.15, 0.2) is 0 Å². The molecule has 1 aromatic rings. The largest absolute Gasteiger partial charge is 0.416 e. The summed E-state index contributed by atoms with van der Waals surface area (Å²) in [7, 11) is 0. The number of nitrogen functional groups attached to an aromatic ring is 1. The van der Waals surface area contributed by atoms with Crippen LogP contribution in [0.4, 0.5) is 24.8 Å². The first kappa shape index (κ1) is 14.5. The monoisotopic (exact) mass is 264 g/mol. The van der Waals surface area contributed by atoms with Crippen molar-refractivity contribution in [3.05, 3.63) is 17.7 Å². The number of aromatic nitrogens is 1. The van der Waals surface area contributed by atoms with Gasteiger partial charge in [-0.3, -0.25) is 0 Å². The number of hydrogen-bond acceptors (Lipinski definition) is 5. The average molecular weight is 264 g/mol. The molecule has 102 valence electrons.